The first-order valence-corrected chi connectivity index (χ1v) is 8.03. The Kier molecular flexibility index (Phi) is 2.20. The summed E-state index contributed by atoms with van der Waals surface area (Å²) in [6.45, 7) is 10.3. The zero-order chi connectivity index (χ0) is 15.4. The molecule has 0 aromatic rings. The van der Waals surface area contributed by atoms with Crippen molar-refractivity contribution in [3.8, 4) is 0 Å². The fourth-order valence-electron chi connectivity index (χ4n) is 4.82. The van der Waals surface area contributed by atoms with Crippen LogP contribution in [0.4, 0.5) is 0 Å². The summed E-state index contributed by atoms with van der Waals surface area (Å²) in [5.74, 6) is 0.247. The minimum absolute atomic E-state index is 0.0361. The molecule has 3 atom stereocenters. The van der Waals surface area contributed by atoms with Crippen molar-refractivity contribution < 1.29 is 19.1 Å². The molecule has 116 valence electrons. The first kappa shape index (κ1) is 13.7. The molecule has 1 saturated heterocycles. The first-order chi connectivity index (χ1) is 9.59. The number of ketones is 1. The summed E-state index contributed by atoms with van der Waals surface area (Å²) < 4.78 is 11.6. The summed E-state index contributed by atoms with van der Waals surface area (Å²) in [5.41, 5.74) is -1.26. The van der Waals surface area contributed by atoms with Gasteiger partial charge in [-0.15, -0.1) is 0 Å². The summed E-state index contributed by atoms with van der Waals surface area (Å²) in [7, 11) is 0. The number of carbonyl (C=O) groups is 2. The average Bonchev–Trinajstić information content (AvgIpc) is 3.22. The molecule has 3 unspecified atom stereocenters. The molecule has 0 aromatic heterocycles. The minimum atomic E-state index is -0.619. The molecule has 1 heterocycles. The summed E-state index contributed by atoms with van der Waals surface area (Å²) in [5, 5.41) is 0. The summed E-state index contributed by atoms with van der Waals surface area (Å²) in [4.78, 5) is 24.8. The third-order valence-electron chi connectivity index (χ3n) is 7.14. The van der Waals surface area contributed by atoms with E-state index in [4.69, 9.17) is 9.47 Å². The highest BCUT2D eigenvalue weighted by Gasteiger charge is 2.84. The average molecular weight is 292 g/mol. The molecular weight excluding hydrogens is 268 g/mol. The lowest BCUT2D eigenvalue weighted by molar-refractivity contribution is -0.156. The number of hydrogen-bond acceptors (Lipinski definition) is 4. The molecule has 4 heteroatoms. The Morgan fingerprint density at radius 3 is 2.14 bits per heavy atom. The summed E-state index contributed by atoms with van der Waals surface area (Å²) >= 11 is 0. The second kappa shape index (κ2) is 3.37. The van der Waals surface area contributed by atoms with Crippen LogP contribution in [0.15, 0.2) is 0 Å². The normalized spacial score (nSPS) is 46.1. The van der Waals surface area contributed by atoms with Gasteiger partial charge < -0.3 is 9.47 Å². The summed E-state index contributed by atoms with van der Waals surface area (Å²) in [6, 6.07) is 0. The monoisotopic (exact) mass is 292 g/mol. The number of Topliss-reactive ketones (excluding diaryl/α,β-unsaturated/α-hetero) is 1. The van der Waals surface area contributed by atoms with E-state index >= 15 is 0 Å². The van der Waals surface area contributed by atoms with E-state index in [0.717, 1.165) is 12.8 Å². The van der Waals surface area contributed by atoms with Crippen LogP contribution in [0.25, 0.3) is 0 Å². The van der Waals surface area contributed by atoms with Gasteiger partial charge in [0.2, 0.25) is 0 Å². The molecule has 4 nitrogen and oxygen atoms in total. The molecule has 21 heavy (non-hydrogen) atoms. The van der Waals surface area contributed by atoms with E-state index < -0.39 is 17.3 Å². The van der Waals surface area contributed by atoms with Crippen molar-refractivity contribution in [3.05, 3.63) is 0 Å². The highest BCUT2D eigenvalue weighted by molar-refractivity contribution is 5.97. The predicted molar refractivity (Wildman–Crippen MR) is 75.5 cm³/mol. The molecule has 4 fully saturated rings. The minimum Gasteiger partial charge on any atom is -0.458 e. The highest BCUT2D eigenvalue weighted by atomic mass is 16.7. The van der Waals surface area contributed by atoms with Gasteiger partial charge >= 0.3 is 5.97 Å². The van der Waals surface area contributed by atoms with Crippen molar-refractivity contribution in [2.75, 3.05) is 0 Å². The fourth-order valence-corrected chi connectivity index (χ4v) is 4.82. The molecule has 3 saturated carbocycles. The maximum atomic E-state index is 12.5. The van der Waals surface area contributed by atoms with Crippen molar-refractivity contribution in [2.45, 2.75) is 71.2 Å². The van der Waals surface area contributed by atoms with Gasteiger partial charge in [-0.1, -0.05) is 27.7 Å². The predicted octanol–water partition coefficient (Wildman–Crippen LogP) is 2.49. The van der Waals surface area contributed by atoms with Crippen LogP contribution in [0.2, 0.25) is 0 Å². The van der Waals surface area contributed by atoms with Gasteiger partial charge in [-0.2, -0.15) is 0 Å². The second-order valence-corrected chi connectivity index (χ2v) is 8.65. The quantitative estimate of drug-likeness (QED) is 0.592. The Balaban J connectivity index is 1.50. The van der Waals surface area contributed by atoms with E-state index in [1.807, 2.05) is 6.92 Å². The zero-order valence-corrected chi connectivity index (χ0v) is 13.5. The van der Waals surface area contributed by atoms with E-state index in [9.17, 15) is 9.59 Å². The topological polar surface area (TPSA) is 55.9 Å². The molecular formula is C17H24O4. The molecule has 3 aliphatic carbocycles. The standard InChI is InChI=1S/C17H24O4/c1-14(2)12(15(14,3)4)13(19)20-11-8-10(18)17(9-6-7-9)16(11,5)21-17/h9,11-12H,6-8H2,1-5H3. The van der Waals surface area contributed by atoms with Gasteiger partial charge in [0.25, 0.3) is 0 Å². The smallest absolute Gasteiger partial charge is 0.310 e. The van der Waals surface area contributed by atoms with Gasteiger partial charge in [-0.25, -0.2) is 0 Å². The van der Waals surface area contributed by atoms with Crippen molar-refractivity contribution >= 4 is 11.8 Å². The Hall–Kier alpha value is -0.900. The van der Waals surface area contributed by atoms with E-state index in [1.165, 1.54) is 0 Å². The van der Waals surface area contributed by atoms with Gasteiger partial charge in [-0.3, -0.25) is 9.59 Å². The number of ether oxygens (including phenoxy) is 2. The van der Waals surface area contributed by atoms with Crippen molar-refractivity contribution in [2.24, 2.45) is 22.7 Å². The van der Waals surface area contributed by atoms with Gasteiger partial charge in [0.1, 0.15) is 11.7 Å². The van der Waals surface area contributed by atoms with Gasteiger partial charge in [0, 0.05) is 6.42 Å². The van der Waals surface area contributed by atoms with E-state index in [0.29, 0.717) is 12.3 Å². The van der Waals surface area contributed by atoms with Crippen LogP contribution in [0.5, 0.6) is 0 Å². The van der Waals surface area contributed by atoms with Crippen LogP contribution in [0.3, 0.4) is 0 Å². The van der Waals surface area contributed by atoms with Crippen LogP contribution in [-0.4, -0.2) is 29.1 Å². The zero-order valence-electron chi connectivity index (χ0n) is 13.5. The number of carbonyl (C=O) groups excluding carboxylic acids is 2. The van der Waals surface area contributed by atoms with Crippen LogP contribution in [-0.2, 0) is 19.1 Å². The van der Waals surface area contributed by atoms with Crippen molar-refractivity contribution in [1.29, 1.82) is 0 Å². The van der Waals surface area contributed by atoms with Crippen LogP contribution < -0.4 is 0 Å². The Labute approximate surface area is 125 Å². The van der Waals surface area contributed by atoms with Gasteiger partial charge in [0.15, 0.2) is 11.4 Å². The number of epoxide rings is 1. The maximum Gasteiger partial charge on any atom is 0.310 e. The van der Waals surface area contributed by atoms with E-state index in [-0.39, 0.29) is 28.5 Å². The number of rotatable bonds is 3. The number of esters is 1. The molecule has 0 radical (unpaired) electrons. The Morgan fingerprint density at radius 2 is 1.71 bits per heavy atom. The van der Waals surface area contributed by atoms with Crippen LogP contribution in [0.1, 0.15) is 53.9 Å². The third kappa shape index (κ3) is 1.36. The molecule has 4 aliphatic rings. The molecule has 1 aliphatic heterocycles. The Bertz CT molecular complexity index is 545. The second-order valence-electron chi connectivity index (χ2n) is 8.65. The molecule has 0 aromatic carbocycles. The lowest BCUT2D eigenvalue weighted by Gasteiger charge is -2.17. The fraction of sp³-hybridized carbons (Fsp3) is 0.882. The SMILES string of the molecule is CC1(C)C(C(=O)OC2CC(=O)C3(C4CC4)OC23C)C1(C)C. The van der Waals surface area contributed by atoms with Gasteiger partial charge in [-0.05, 0) is 36.5 Å². The lowest BCUT2D eigenvalue weighted by Crippen LogP contribution is -2.33. The largest absolute Gasteiger partial charge is 0.458 e. The molecule has 0 spiro atoms. The number of hydrogen-bond donors (Lipinski definition) is 0. The molecule has 4 rings (SSSR count). The van der Waals surface area contributed by atoms with Crippen LogP contribution in [0, 0.1) is 22.7 Å². The molecule has 0 bridgehead atoms. The summed E-state index contributed by atoms with van der Waals surface area (Å²) in [6.07, 6.45) is 2.05. The van der Waals surface area contributed by atoms with E-state index in [2.05, 4.69) is 27.7 Å². The maximum absolute atomic E-state index is 12.5. The molecule has 0 amide bonds. The van der Waals surface area contributed by atoms with Crippen molar-refractivity contribution in [3.63, 3.8) is 0 Å². The molecule has 0 N–H and O–H groups in total. The third-order valence-corrected chi connectivity index (χ3v) is 7.14. The highest BCUT2D eigenvalue weighted by Crippen LogP contribution is 2.70. The van der Waals surface area contributed by atoms with E-state index in [1.54, 1.807) is 0 Å². The Morgan fingerprint density at radius 1 is 1.14 bits per heavy atom. The number of fused-ring (bicyclic) bond motifs is 1. The van der Waals surface area contributed by atoms with Crippen molar-refractivity contribution in [1.82, 2.24) is 0 Å². The van der Waals surface area contributed by atoms with Crippen LogP contribution >= 0.6 is 0 Å². The first-order valence-electron chi connectivity index (χ1n) is 8.03. The lowest BCUT2D eigenvalue weighted by atomic mass is 9.91. The van der Waals surface area contributed by atoms with Gasteiger partial charge in [0.05, 0.1) is 5.92 Å².